The van der Waals surface area contributed by atoms with Gasteiger partial charge >= 0.3 is 6.36 Å². The van der Waals surface area contributed by atoms with Gasteiger partial charge in [0.1, 0.15) is 5.75 Å². The van der Waals surface area contributed by atoms with Gasteiger partial charge in [0.2, 0.25) is 0 Å². The van der Waals surface area contributed by atoms with Crippen LogP contribution in [0.25, 0.3) is 0 Å². The lowest BCUT2D eigenvalue weighted by atomic mass is 10.2. The Morgan fingerprint density at radius 1 is 1.43 bits per heavy atom. The SMILES string of the molecule is Cl.O=C(NCC1CCCN1)c1cccc(OC(F)(F)F)c1. The quantitative estimate of drug-likeness (QED) is 0.894. The first-order valence-corrected chi connectivity index (χ1v) is 6.31. The predicted octanol–water partition coefficient (Wildman–Crippen LogP) is 2.49. The van der Waals surface area contributed by atoms with Gasteiger partial charge in [-0.3, -0.25) is 4.79 Å². The van der Waals surface area contributed by atoms with Crippen molar-refractivity contribution in [1.82, 2.24) is 10.6 Å². The molecule has 0 spiro atoms. The Labute approximate surface area is 126 Å². The summed E-state index contributed by atoms with van der Waals surface area (Å²) in [5, 5.41) is 5.91. The number of benzene rings is 1. The summed E-state index contributed by atoms with van der Waals surface area (Å²) in [4.78, 5) is 11.8. The Hall–Kier alpha value is -1.47. The number of ether oxygens (including phenoxy) is 1. The molecule has 1 amide bonds. The molecule has 118 valence electrons. The molecular formula is C13H16ClF3N2O2. The van der Waals surface area contributed by atoms with Crippen LogP contribution in [0.5, 0.6) is 5.75 Å². The zero-order chi connectivity index (χ0) is 14.6. The highest BCUT2D eigenvalue weighted by Crippen LogP contribution is 2.23. The van der Waals surface area contributed by atoms with Crippen molar-refractivity contribution >= 4 is 18.3 Å². The van der Waals surface area contributed by atoms with E-state index in [2.05, 4.69) is 15.4 Å². The third-order valence-corrected chi connectivity index (χ3v) is 3.00. The molecule has 0 saturated carbocycles. The highest BCUT2D eigenvalue weighted by molar-refractivity contribution is 5.94. The number of nitrogens with one attached hydrogen (secondary N) is 2. The van der Waals surface area contributed by atoms with Gasteiger partial charge in [0.25, 0.3) is 5.91 Å². The van der Waals surface area contributed by atoms with E-state index < -0.39 is 18.0 Å². The molecule has 4 nitrogen and oxygen atoms in total. The first-order chi connectivity index (χ1) is 9.44. The van der Waals surface area contributed by atoms with E-state index in [0.717, 1.165) is 31.5 Å². The molecule has 0 aromatic heterocycles. The lowest BCUT2D eigenvalue weighted by Crippen LogP contribution is -2.37. The van der Waals surface area contributed by atoms with Gasteiger partial charge in [-0.25, -0.2) is 0 Å². The third kappa shape index (κ3) is 5.81. The maximum atomic E-state index is 12.1. The predicted molar refractivity (Wildman–Crippen MR) is 73.7 cm³/mol. The molecule has 1 unspecified atom stereocenters. The first kappa shape index (κ1) is 17.6. The minimum Gasteiger partial charge on any atom is -0.406 e. The minimum absolute atomic E-state index is 0. The van der Waals surface area contributed by atoms with E-state index in [-0.39, 0.29) is 24.0 Å². The Bertz CT molecular complexity index is 477. The molecule has 1 fully saturated rings. The Morgan fingerprint density at radius 2 is 2.19 bits per heavy atom. The van der Waals surface area contributed by atoms with Crippen molar-refractivity contribution in [2.24, 2.45) is 0 Å². The van der Waals surface area contributed by atoms with Crippen molar-refractivity contribution in [1.29, 1.82) is 0 Å². The molecule has 1 atom stereocenters. The number of carbonyl (C=O) groups excluding carboxylic acids is 1. The fourth-order valence-corrected chi connectivity index (χ4v) is 2.08. The van der Waals surface area contributed by atoms with Crippen LogP contribution in [0.4, 0.5) is 13.2 Å². The molecule has 1 saturated heterocycles. The van der Waals surface area contributed by atoms with E-state index >= 15 is 0 Å². The summed E-state index contributed by atoms with van der Waals surface area (Å²) in [5.74, 6) is -0.810. The van der Waals surface area contributed by atoms with Gasteiger partial charge in [0.05, 0.1) is 0 Å². The van der Waals surface area contributed by atoms with Gasteiger partial charge in [-0.2, -0.15) is 0 Å². The molecule has 2 N–H and O–H groups in total. The Balaban J connectivity index is 0.00000220. The highest BCUT2D eigenvalue weighted by atomic mass is 35.5. The molecule has 21 heavy (non-hydrogen) atoms. The van der Waals surface area contributed by atoms with Crippen molar-refractivity contribution in [2.75, 3.05) is 13.1 Å². The van der Waals surface area contributed by atoms with E-state index in [0.29, 0.717) is 6.54 Å². The van der Waals surface area contributed by atoms with Gasteiger partial charge in [-0.15, -0.1) is 25.6 Å². The Morgan fingerprint density at radius 3 is 2.81 bits per heavy atom. The molecule has 0 aliphatic carbocycles. The Kier molecular flexibility index (Phi) is 6.29. The molecular weight excluding hydrogens is 309 g/mol. The monoisotopic (exact) mass is 324 g/mol. The largest absolute Gasteiger partial charge is 0.573 e. The van der Waals surface area contributed by atoms with Gasteiger partial charge in [0, 0.05) is 18.2 Å². The smallest absolute Gasteiger partial charge is 0.406 e. The molecule has 1 aliphatic heterocycles. The summed E-state index contributed by atoms with van der Waals surface area (Å²) < 4.78 is 40.1. The first-order valence-electron chi connectivity index (χ1n) is 6.31. The molecule has 8 heteroatoms. The second-order valence-corrected chi connectivity index (χ2v) is 4.58. The average Bonchev–Trinajstić information content (AvgIpc) is 2.87. The molecule has 1 aromatic carbocycles. The zero-order valence-corrected chi connectivity index (χ0v) is 11.9. The number of hydrogen-bond donors (Lipinski definition) is 2. The van der Waals surface area contributed by atoms with Crippen molar-refractivity contribution in [3.05, 3.63) is 29.8 Å². The van der Waals surface area contributed by atoms with Crippen LogP contribution < -0.4 is 15.4 Å². The van der Waals surface area contributed by atoms with Gasteiger partial charge in [-0.05, 0) is 37.6 Å². The van der Waals surface area contributed by atoms with Crippen LogP contribution in [-0.2, 0) is 0 Å². The number of amides is 1. The highest BCUT2D eigenvalue weighted by Gasteiger charge is 2.31. The fraction of sp³-hybridized carbons (Fsp3) is 0.462. The second-order valence-electron chi connectivity index (χ2n) is 4.58. The van der Waals surface area contributed by atoms with E-state index in [1.54, 1.807) is 0 Å². The summed E-state index contributed by atoms with van der Waals surface area (Å²) in [6.45, 7) is 1.39. The normalized spacial score (nSPS) is 18.0. The van der Waals surface area contributed by atoms with Crippen LogP contribution in [-0.4, -0.2) is 31.4 Å². The summed E-state index contributed by atoms with van der Waals surface area (Å²) >= 11 is 0. The number of carbonyl (C=O) groups is 1. The van der Waals surface area contributed by atoms with Crippen LogP contribution in [0.3, 0.4) is 0 Å². The van der Waals surface area contributed by atoms with Gasteiger partial charge in [0.15, 0.2) is 0 Å². The summed E-state index contributed by atoms with van der Waals surface area (Å²) in [7, 11) is 0. The maximum absolute atomic E-state index is 12.1. The molecule has 1 aromatic rings. The minimum atomic E-state index is -4.76. The van der Waals surface area contributed by atoms with Crippen LogP contribution in [0.1, 0.15) is 23.2 Å². The molecule has 1 heterocycles. The summed E-state index contributed by atoms with van der Waals surface area (Å²) in [6.07, 6.45) is -2.71. The van der Waals surface area contributed by atoms with Gasteiger partial charge in [-0.1, -0.05) is 6.07 Å². The number of alkyl halides is 3. The van der Waals surface area contributed by atoms with Gasteiger partial charge < -0.3 is 15.4 Å². The molecule has 0 bridgehead atoms. The van der Waals surface area contributed by atoms with Crippen molar-refractivity contribution in [3.63, 3.8) is 0 Å². The van der Waals surface area contributed by atoms with Crippen LogP contribution in [0.2, 0.25) is 0 Å². The van der Waals surface area contributed by atoms with Crippen molar-refractivity contribution < 1.29 is 22.7 Å². The lowest BCUT2D eigenvalue weighted by molar-refractivity contribution is -0.274. The molecule has 2 rings (SSSR count). The van der Waals surface area contributed by atoms with E-state index in [4.69, 9.17) is 0 Å². The zero-order valence-electron chi connectivity index (χ0n) is 11.1. The molecule has 0 radical (unpaired) electrons. The van der Waals surface area contributed by atoms with E-state index in [9.17, 15) is 18.0 Å². The number of rotatable bonds is 4. The maximum Gasteiger partial charge on any atom is 0.573 e. The van der Waals surface area contributed by atoms with Crippen LogP contribution in [0.15, 0.2) is 24.3 Å². The van der Waals surface area contributed by atoms with Crippen molar-refractivity contribution in [3.8, 4) is 5.75 Å². The fourth-order valence-electron chi connectivity index (χ4n) is 2.08. The number of hydrogen-bond acceptors (Lipinski definition) is 3. The second kappa shape index (κ2) is 7.51. The summed E-state index contributed by atoms with van der Waals surface area (Å²) in [6, 6.07) is 5.26. The van der Waals surface area contributed by atoms with E-state index in [1.165, 1.54) is 12.1 Å². The standard InChI is InChI=1S/C13H15F3N2O2.ClH/c14-13(15,16)20-11-5-1-3-9(7-11)12(19)18-8-10-4-2-6-17-10;/h1,3,5,7,10,17H,2,4,6,8H2,(H,18,19);1H. The average molecular weight is 325 g/mol. The number of halogens is 4. The van der Waals surface area contributed by atoms with Crippen molar-refractivity contribution in [2.45, 2.75) is 25.2 Å². The molecule has 1 aliphatic rings. The summed E-state index contributed by atoms with van der Waals surface area (Å²) in [5.41, 5.74) is 0.143. The lowest BCUT2D eigenvalue weighted by Gasteiger charge is -2.12. The third-order valence-electron chi connectivity index (χ3n) is 3.00. The van der Waals surface area contributed by atoms with Crippen LogP contribution in [0, 0.1) is 0 Å². The van der Waals surface area contributed by atoms with E-state index in [1.807, 2.05) is 0 Å². The van der Waals surface area contributed by atoms with Crippen LogP contribution >= 0.6 is 12.4 Å². The topological polar surface area (TPSA) is 50.4 Å².